The lowest BCUT2D eigenvalue weighted by Gasteiger charge is -2.14. The first-order valence-corrected chi connectivity index (χ1v) is 6.63. The fraction of sp³-hybridized carbons (Fsp3) is 0.357. The van der Waals surface area contributed by atoms with Crippen LogP contribution in [0.4, 0.5) is 0 Å². The normalized spacial score (nSPS) is 13.3. The summed E-state index contributed by atoms with van der Waals surface area (Å²) in [5.74, 6) is -2.75. The number of alkyl halides is 1. The number of Topliss-reactive ketones (excluding diaryl/α,β-unsaturated/α-hetero) is 1. The van der Waals surface area contributed by atoms with Gasteiger partial charge < -0.3 is 14.9 Å². The first-order chi connectivity index (χ1) is 9.79. The fourth-order valence-electron chi connectivity index (χ4n) is 1.70. The van der Waals surface area contributed by atoms with E-state index in [-0.39, 0.29) is 23.3 Å². The summed E-state index contributed by atoms with van der Waals surface area (Å²) in [5, 5.41) is 17.7. The van der Waals surface area contributed by atoms with Crippen molar-refractivity contribution in [3.05, 3.63) is 34.9 Å². The molecule has 2 unspecified atom stereocenters. The fourth-order valence-corrected chi connectivity index (χ4v) is 1.82. The predicted octanol–water partition coefficient (Wildman–Crippen LogP) is 1.79. The molecule has 21 heavy (non-hydrogen) atoms. The molecular weight excluding hydrogens is 300 g/mol. The molecule has 1 rings (SSSR count). The molecule has 0 aliphatic rings. The molecule has 0 aliphatic carbocycles. The smallest absolute Gasteiger partial charge is 0.338 e. The topological polar surface area (TPSA) is 101 Å². The molecule has 0 saturated carbocycles. The number of aliphatic carboxylic acids is 1. The summed E-state index contributed by atoms with van der Waals surface area (Å²) in [6, 6.07) is 3.71. The molecule has 0 aromatic heterocycles. The predicted molar refractivity (Wildman–Crippen MR) is 74.6 cm³/mol. The highest BCUT2D eigenvalue weighted by molar-refractivity contribution is 6.33. The van der Waals surface area contributed by atoms with Crippen molar-refractivity contribution in [3.63, 3.8) is 0 Å². The Bertz CT molecular complexity index is 567. The lowest BCUT2D eigenvalue weighted by molar-refractivity contribution is -0.146. The van der Waals surface area contributed by atoms with Gasteiger partial charge >= 0.3 is 11.9 Å². The highest BCUT2D eigenvalue weighted by Gasteiger charge is 2.26. The van der Waals surface area contributed by atoms with Gasteiger partial charge in [0.15, 0.2) is 11.9 Å². The molecule has 2 atom stereocenters. The Labute approximate surface area is 126 Å². The molecule has 0 amide bonds. The second-order valence-electron chi connectivity index (χ2n) is 4.24. The van der Waals surface area contributed by atoms with E-state index in [4.69, 9.17) is 21.4 Å². The van der Waals surface area contributed by atoms with Crippen LogP contribution < -0.4 is 0 Å². The Morgan fingerprint density at radius 1 is 1.33 bits per heavy atom. The summed E-state index contributed by atoms with van der Waals surface area (Å²) in [7, 11) is 0. The largest absolute Gasteiger partial charge is 0.479 e. The Morgan fingerprint density at radius 2 is 1.95 bits per heavy atom. The maximum Gasteiger partial charge on any atom is 0.338 e. The quantitative estimate of drug-likeness (QED) is 0.471. The third-order valence-corrected chi connectivity index (χ3v) is 2.92. The van der Waals surface area contributed by atoms with Crippen molar-refractivity contribution >= 4 is 29.3 Å². The third kappa shape index (κ3) is 4.03. The van der Waals surface area contributed by atoms with E-state index < -0.39 is 29.2 Å². The van der Waals surface area contributed by atoms with Crippen LogP contribution in [0.25, 0.3) is 0 Å². The Balaban J connectivity index is 3.36. The highest BCUT2D eigenvalue weighted by Crippen LogP contribution is 2.23. The van der Waals surface area contributed by atoms with E-state index in [1.54, 1.807) is 6.92 Å². The molecule has 0 fully saturated rings. The second kappa shape index (κ2) is 7.19. The van der Waals surface area contributed by atoms with Crippen LogP contribution in [0, 0.1) is 0 Å². The Kier molecular flexibility index (Phi) is 5.87. The zero-order valence-electron chi connectivity index (χ0n) is 11.5. The van der Waals surface area contributed by atoms with Gasteiger partial charge in [-0.15, -0.1) is 11.6 Å². The number of carboxylic acid groups (broad SMARTS) is 1. The maximum absolute atomic E-state index is 11.9. The van der Waals surface area contributed by atoms with Gasteiger partial charge in [0, 0.05) is 11.1 Å². The van der Waals surface area contributed by atoms with Crippen molar-refractivity contribution < 1.29 is 29.3 Å². The van der Waals surface area contributed by atoms with Crippen LogP contribution in [0.15, 0.2) is 18.2 Å². The van der Waals surface area contributed by atoms with Crippen molar-refractivity contribution in [2.75, 3.05) is 6.61 Å². The van der Waals surface area contributed by atoms with Crippen molar-refractivity contribution in [3.8, 4) is 0 Å². The second-order valence-corrected chi connectivity index (χ2v) is 4.90. The zero-order chi connectivity index (χ0) is 16.2. The monoisotopic (exact) mass is 314 g/mol. The standard InChI is InChI=1S/C14H15ClO6/c1-3-21-14(20)8-4-5-9(11(16)7(2)15)10(6-8)12(17)13(18)19/h4-7,12,17H,3H2,1-2H3,(H,18,19). The van der Waals surface area contributed by atoms with Crippen LogP contribution >= 0.6 is 11.6 Å². The molecule has 114 valence electrons. The van der Waals surface area contributed by atoms with E-state index >= 15 is 0 Å². The zero-order valence-corrected chi connectivity index (χ0v) is 12.3. The van der Waals surface area contributed by atoms with Gasteiger partial charge in [-0.05, 0) is 26.0 Å². The van der Waals surface area contributed by atoms with E-state index in [0.717, 1.165) is 6.07 Å². The summed E-state index contributed by atoms with van der Waals surface area (Å²) in [6.07, 6.45) is -1.94. The van der Waals surface area contributed by atoms with E-state index in [2.05, 4.69) is 0 Å². The summed E-state index contributed by atoms with van der Waals surface area (Å²) >= 11 is 5.70. The van der Waals surface area contributed by atoms with E-state index in [1.165, 1.54) is 19.1 Å². The molecule has 0 spiro atoms. The minimum atomic E-state index is -1.94. The van der Waals surface area contributed by atoms with Crippen molar-refractivity contribution in [1.29, 1.82) is 0 Å². The van der Waals surface area contributed by atoms with Gasteiger partial charge in [-0.2, -0.15) is 0 Å². The molecule has 7 heteroatoms. The van der Waals surface area contributed by atoms with Crippen molar-refractivity contribution in [2.45, 2.75) is 25.3 Å². The average Bonchev–Trinajstić information content (AvgIpc) is 2.45. The van der Waals surface area contributed by atoms with Gasteiger partial charge in [0.2, 0.25) is 0 Å². The number of aliphatic hydroxyl groups is 1. The number of benzene rings is 1. The van der Waals surface area contributed by atoms with Gasteiger partial charge in [0.05, 0.1) is 17.5 Å². The number of carboxylic acids is 1. The number of carbonyl (C=O) groups is 3. The first-order valence-electron chi connectivity index (χ1n) is 6.19. The van der Waals surface area contributed by atoms with Gasteiger partial charge in [-0.25, -0.2) is 9.59 Å². The third-order valence-electron chi connectivity index (χ3n) is 2.72. The van der Waals surface area contributed by atoms with Crippen LogP contribution in [0.3, 0.4) is 0 Å². The minimum absolute atomic E-state index is 0.0413. The van der Waals surface area contributed by atoms with E-state index in [0.29, 0.717) is 0 Å². The van der Waals surface area contributed by atoms with Crippen LogP contribution in [0.2, 0.25) is 0 Å². The van der Waals surface area contributed by atoms with Gasteiger partial charge in [0.25, 0.3) is 0 Å². The molecule has 0 aliphatic heterocycles. The number of esters is 1. The van der Waals surface area contributed by atoms with Crippen LogP contribution in [-0.2, 0) is 9.53 Å². The molecule has 0 saturated heterocycles. The summed E-state index contributed by atoms with van der Waals surface area (Å²) in [4.78, 5) is 34.5. The maximum atomic E-state index is 11.9. The van der Waals surface area contributed by atoms with Crippen molar-refractivity contribution in [1.82, 2.24) is 0 Å². The number of hydrogen-bond acceptors (Lipinski definition) is 5. The number of carbonyl (C=O) groups excluding carboxylic acids is 2. The molecule has 1 aromatic carbocycles. The van der Waals surface area contributed by atoms with Gasteiger partial charge in [-0.1, -0.05) is 6.07 Å². The van der Waals surface area contributed by atoms with Gasteiger partial charge in [0.1, 0.15) is 0 Å². The minimum Gasteiger partial charge on any atom is -0.479 e. The molecule has 0 heterocycles. The lowest BCUT2D eigenvalue weighted by atomic mass is 9.95. The Morgan fingerprint density at radius 3 is 2.43 bits per heavy atom. The molecule has 2 N–H and O–H groups in total. The molecular formula is C14H15ClO6. The SMILES string of the molecule is CCOC(=O)c1ccc(C(=O)C(C)Cl)c(C(O)C(=O)O)c1. The number of halogens is 1. The van der Waals surface area contributed by atoms with Crippen LogP contribution in [-0.4, -0.2) is 39.9 Å². The van der Waals surface area contributed by atoms with Crippen LogP contribution in [0.1, 0.15) is 46.2 Å². The van der Waals surface area contributed by atoms with E-state index in [1.807, 2.05) is 0 Å². The number of ketones is 1. The first kappa shape index (κ1) is 17.1. The number of rotatable bonds is 6. The molecule has 1 aromatic rings. The number of hydrogen-bond donors (Lipinski definition) is 2. The highest BCUT2D eigenvalue weighted by atomic mass is 35.5. The lowest BCUT2D eigenvalue weighted by Crippen LogP contribution is -2.20. The molecule has 6 nitrogen and oxygen atoms in total. The van der Waals surface area contributed by atoms with Crippen LogP contribution in [0.5, 0.6) is 0 Å². The molecule has 0 radical (unpaired) electrons. The number of aliphatic hydroxyl groups excluding tert-OH is 1. The summed E-state index contributed by atoms with van der Waals surface area (Å²) in [6.45, 7) is 3.20. The van der Waals surface area contributed by atoms with Gasteiger partial charge in [-0.3, -0.25) is 4.79 Å². The van der Waals surface area contributed by atoms with Crippen molar-refractivity contribution in [2.24, 2.45) is 0 Å². The van der Waals surface area contributed by atoms with E-state index in [9.17, 15) is 19.5 Å². The summed E-state index contributed by atoms with van der Waals surface area (Å²) < 4.78 is 4.79. The summed E-state index contributed by atoms with van der Waals surface area (Å²) in [5.41, 5.74) is -0.183. The molecule has 0 bridgehead atoms. The number of ether oxygens (including phenoxy) is 1. The average molecular weight is 315 g/mol. The Hall–Kier alpha value is -1.92.